The highest BCUT2D eigenvalue weighted by molar-refractivity contribution is 6.02. The van der Waals surface area contributed by atoms with Crippen molar-refractivity contribution in [3.8, 4) is 0 Å². The minimum Gasteiger partial charge on any atom is -0.459 e. The Kier molecular flexibility index (Phi) is 5.34. The van der Waals surface area contributed by atoms with E-state index in [2.05, 4.69) is 5.32 Å². The molecule has 2 aromatic carbocycles. The van der Waals surface area contributed by atoms with Gasteiger partial charge in [-0.3, -0.25) is 14.4 Å². The summed E-state index contributed by atoms with van der Waals surface area (Å²) in [6.45, 7) is 0.458. The molecule has 1 aliphatic carbocycles. The lowest BCUT2D eigenvalue weighted by Gasteiger charge is -2.23. The standard InChI is InChI=1S/C23H21N3O4/c24-21(27)16-5-3-15(4-6-16)14-26(19-11-12-19)23(29)17-7-9-18(10-8-17)25-22(28)20-2-1-13-30-20/h1-10,13,19H,11-12,14H2,(H2,24,27)(H,25,28). The highest BCUT2D eigenvalue weighted by atomic mass is 16.3. The van der Waals surface area contributed by atoms with Crippen molar-refractivity contribution in [3.05, 3.63) is 89.4 Å². The zero-order valence-corrected chi connectivity index (χ0v) is 16.2. The molecule has 0 radical (unpaired) electrons. The molecule has 3 amide bonds. The maximum atomic E-state index is 13.1. The minimum atomic E-state index is -0.476. The summed E-state index contributed by atoms with van der Waals surface area (Å²) >= 11 is 0. The van der Waals surface area contributed by atoms with Crippen molar-refractivity contribution in [1.82, 2.24) is 4.90 Å². The van der Waals surface area contributed by atoms with Crippen molar-refractivity contribution < 1.29 is 18.8 Å². The van der Waals surface area contributed by atoms with Gasteiger partial charge in [0.05, 0.1) is 6.26 Å². The number of nitrogens with zero attached hydrogens (tertiary/aromatic N) is 1. The fraction of sp³-hybridized carbons (Fsp3) is 0.174. The van der Waals surface area contributed by atoms with Gasteiger partial charge in [-0.25, -0.2) is 0 Å². The number of nitrogens with two attached hydrogens (primary N) is 1. The lowest BCUT2D eigenvalue weighted by atomic mass is 10.1. The van der Waals surface area contributed by atoms with Crippen molar-refractivity contribution in [2.24, 2.45) is 5.73 Å². The number of hydrogen-bond acceptors (Lipinski definition) is 4. The quantitative estimate of drug-likeness (QED) is 0.630. The maximum Gasteiger partial charge on any atom is 0.291 e. The Labute approximate surface area is 173 Å². The predicted molar refractivity (Wildman–Crippen MR) is 111 cm³/mol. The van der Waals surface area contributed by atoms with Crippen LogP contribution in [-0.2, 0) is 6.54 Å². The fourth-order valence-electron chi connectivity index (χ4n) is 3.19. The molecule has 0 bridgehead atoms. The van der Waals surface area contributed by atoms with Gasteiger partial charge in [-0.05, 0) is 66.9 Å². The van der Waals surface area contributed by atoms with E-state index in [1.54, 1.807) is 48.5 Å². The molecule has 3 N–H and O–H groups in total. The minimum absolute atomic E-state index is 0.0691. The van der Waals surface area contributed by atoms with Crippen LogP contribution in [0, 0.1) is 0 Å². The normalized spacial score (nSPS) is 12.9. The van der Waals surface area contributed by atoms with E-state index in [1.807, 2.05) is 17.0 Å². The summed E-state index contributed by atoms with van der Waals surface area (Å²) < 4.78 is 5.07. The number of carbonyl (C=O) groups is 3. The van der Waals surface area contributed by atoms with Crippen molar-refractivity contribution in [2.75, 3.05) is 5.32 Å². The molecule has 152 valence electrons. The third-order valence-corrected chi connectivity index (χ3v) is 4.97. The highest BCUT2D eigenvalue weighted by Crippen LogP contribution is 2.30. The van der Waals surface area contributed by atoms with Crippen LogP contribution >= 0.6 is 0 Å². The Morgan fingerprint density at radius 1 is 0.967 bits per heavy atom. The molecular weight excluding hydrogens is 382 g/mol. The average molecular weight is 403 g/mol. The molecule has 7 nitrogen and oxygen atoms in total. The number of nitrogens with one attached hydrogen (secondary N) is 1. The molecule has 7 heteroatoms. The van der Waals surface area contributed by atoms with Gasteiger partial charge >= 0.3 is 0 Å². The number of carbonyl (C=O) groups excluding carboxylic acids is 3. The van der Waals surface area contributed by atoms with Crippen LogP contribution in [0.25, 0.3) is 0 Å². The topological polar surface area (TPSA) is 106 Å². The van der Waals surface area contributed by atoms with Crippen LogP contribution in [0.4, 0.5) is 5.69 Å². The molecule has 4 rings (SSSR count). The summed E-state index contributed by atoms with van der Waals surface area (Å²) in [7, 11) is 0. The van der Waals surface area contributed by atoms with Crippen LogP contribution in [-0.4, -0.2) is 28.7 Å². The number of benzene rings is 2. The highest BCUT2D eigenvalue weighted by Gasteiger charge is 2.33. The lowest BCUT2D eigenvalue weighted by Crippen LogP contribution is -2.32. The largest absolute Gasteiger partial charge is 0.459 e. The molecule has 1 aliphatic rings. The molecule has 0 atom stereocenters. The Balaban J connectivity index is 1.44. The first-order valence-corrected chi connectivity index (χ1v) is 9.66. The zero-order valence-electron chi connectivity index (χ0n) is 16.2. The van der Waals surface area contributed by atoms with Crippen LogP contribution in [0.15, 0.2) is 71.3 Å². The summed E-state index contributed by atoms with van der Waals surface area (Å²) in [5.74, 6) is -0.674. The molecule has 1 fully saturated rings. The van der Waals surface area contributed by atoms with Gasteiger partial charge in [0.25, 0.3) is 11.8 Å². The van der Waals surface area contributed by atoms with Gasteiger partial charge in [0.2, 0.25) is 5.91 Å². The van der Waals surface area contributed by atoms with E-state index in [-0.39, 0.29) is 23.6 Å². The van der Waals surface area contributed by atoms with Gasteiger partial charge < -0.3 is 20.4 Å². The monoisotopic (exact) mass is 403 g/mol. The summed E-state index contributed by atoms with van der Waals surface area (Å²) in [6.07, 6.45) is 3.38. The van der Waals surface area contributed by atoms with Crippen molar-refractivity contribution >= 4 is 23.4 Å². The summed E-state index contributed by atoms with van der Waals surface area (Å²) in [4.78, 5) is 38.2. The van der Waals surface area contributed by atoms with Crippen LogP contribution in [0.5, 0.6) is 0 Å². The molecule has 0 unspecified atom stereocenters. The second-order valence-corrected chi connectivity index (χ2v) is 7.23. The number of amides is 3. The first-order valence-electron chi connectivity index (χ1n) is 9.66. The van der Waals surface area contributed by atoms with E-state index in [0.29, 0.717) is 23.4 Å². The number of rotatable bonds is 7. The number of primary amides is 1. The van der Waals surface area contributed by atoms with E-state index < -0.39 is 5.91 Å². The Morgan fingerprint density at radius 3 is 2.20 bits per heavy atom. The number of anilines is 1. The second-order valence-electron chi connectivity index (χ2n) is 7.23. The van der Waals surface area contributed by atoms with Gasteiger partial charge in [0.1, 0.15) is 0 Å². The fourth-order valence-corrected chi connectivity index (χ4v) is 3.19. The lowest BCUT2D eigenvalue weighted by molar-refractivity contribution is 0.0729. The maximum absolute atomic E-state index is 13.1. The van der Waals surface area contributed by atoms with Gasteiger partial charge in [0, 0.05) is 29.4 Å². The first kappa shape index (κ1) is 19.4. The van der Waals surface area contributed by atoms with Crippen molar-refractivity contribution in [2.45, 2.75) is 25.4 Å². The summed E-state index contributed by atoms with van der Waals surface area (Å²) in [5, 5.41) is 2.73. The molecule has 0 aliphatic heterocycles. The predicted octanol–water partition coefficient (Wildman–Crippen LogP) is 3.44. The van der Waals surface area contributed by atoms with Gasteiger partial charge in [-0.2, -0.15) is 0 Å². The number of furan rings is 1. The van der Waals surface area contributed by atoms with Crippen LogP contribution in [0.1, 0.15) is 49.7 Å². The first-order chi connectivity index (χ1) is 14.5. The van der Waals surface area contributed by atoms with Gasteiger partial charge in [0.15, 0.2) is 5.76 Å². The third kappa shape index (κ3) is 4.41. The molecule has 1 aromatic heterocycles. The Bertz CT molecular complexity index is 1050. The van der Waals surface area contributed by atoms with E-state index >= 15 is 0 Å². The number of hydrogen-bond donors (Lipinski definition) is 2. The van der Waals surface area contributed by atoms with Gasteiger partial charge in [-0.1, -0.05) is 12.1 Å². The van der Waals surface area contributed by atoms with Gasteiger partial charge in [-0.15, -0.1) is 0 Å². The van der Waals surface area contributed by atoms with Crippen molar-refractivity contribution in [3.63, 3.8) is 0 Å². The van der Waals surface area contributed by atoms with E-state index in [4.69, 9.17) is 10.2 Å². The molecular formula is C23H21N3O4. The van der Waals surface area contributed by atoms with Crippen LogP contribution < -0.4 is 11.1 Å². The van der Waals surface area contributed by atoms with E-state index in [9.17, 15) is 14.4 Å². The molecule has 3 aromatic rings. The molecule has 0 saturated heterocycles. The second kappa shape index (κ2) is 8.24. The Hall–Kier alpha value is -3.87. The molecule has 1 heterocycles. The molecule has 0 spiro atoms. The molecule has 30 heavy (non-hydrogen) atoms. The summed E-state index contributed by atoms with van der Waals surface area (Å²) in [6, 6.07) is 17.2. The SMILES string of the molecule is NC(=O)c1ccc(CN(C(=O)c2ccc(NC(=O)c3ccco3)cc2)C2CC2)cc1. The Morgan fingerprint density at radius 2 is 1.63 bits per heavy atom. The smallest absolute Gasteiger partial charge is 0.291 e. The molecule has 1 saturated carbocycles. The van der Waals surface area contributed by atoms with Crippen LogP contribution in [0.2, 0.25) is 0 Å². The van der Waals surface area contributed by atoms with Crippen LogP contribution in [0.3, 0.4) is 0 Å². The van der Waals surface area contributed by atoms with Crippen molar-refractivity contribution in [1.29, 1.82) is 0 Å². The van der Waals surface area contributed by atoms with E-state index in [0.717, 1.165) is 18.4 Å². The zero-order chi connectivity index (χ0) is 21.1. The average Bonchev–Trinajstić information content (AvgIpc) is 3.44. The van der Waals surface area contributed by atoms with E-state index in [1.165, 1.54) is 6.26 Å². The summed E-state index contributed by atoms with van der Waals surface area (Å²) in [5.41, 5.74) is 7.78. The third-order valence-electron chi connectivity index (χ3n) is 4.97.